The number of carbonyl (C=O) groups excluding carboxylic acids is 1. The van der Waals surface area contributed by atoms with Crippen molar-refractivity contribution in [2.75, 3.05) is 13.1 Å². The maximum Gasteiger partial charge on any atom is 0.416 e. The van der Waals surface area contributed by atoms with Gasteiger partial charge >= 0.3 is 6.18 Å². The standard InChI is InChI=1S/C22H30F3NO3S/c1-21(2,30(28,29)19-10-6-9-18(15-19)22(23,24)25)17-11-13-26(14-12-17)20(27)16-7-4-3-5-8-16/h6,9-10,15-17H,3-5,7-8,11-14H2,1-2H3. The molecule has 2 fully saturated rings. The molecule has 1 aliphatic heterocycles. The molecule has 3 rings (SSSR count). The molecule has 0 spiro atoms. The minimum atomic E-state index is -4.60. The smallest absolute Gasteiger partial charge is 0.342 e. The van der Waals surface area contributed by atoms with Crippen LogP contribution in [0.25, 0.3) is 0 Å². The van der Waals surface area contributed by atoms with Crippen LogP contribution >= 0.6 is 0 Å². The Bertz CT molecular complexity index is 866. The maximum atomic E-state index is 13.2. The molecule has 168 valence electrons. The number of amides is 1. The number of hydrogen-bond acceptors (Lipinski definition) is 3. The van der Waals surface area contributed by atoms with Gasteiger partial charge in [0.25, 0.3) is 0 Å². The van der Waals surface area contributed by atoms with Gasteiger partial charge in [0, 0.05) is 19.0 Å². The van der Waals surface area contributed by atoms with Gasteiger partial charge in [-0.2, -0.15) is 13.2 Å². The average Bonchev–Trinajstić information content (AvgIpc) is 2.73. The summed E-state index contributed by atoms with van der Waals surface area (Å²) < 4.78 is 64.4. The summed E-state index contributed by atoms with van der Waals surface area (Å²) in [7, 11) is -3.98. The number of piperidine rings is 1. The van der Waals surface area contributed by atoms with E-state index in [2.05, 4.69) is 0 Å². The molecule has 30 heavy (non-hydrogen) atoms. The zero-order valence-electron chi connectivity index (χ0n) is 17.5. The molecule has 1 saturated carbocycles. The van der Waals surface area contributed by atoms with Crippen molar-refractivity contribution in [3.8, 4) is 0 Å². The van der Waals surface area contributed by atoms with Gasteiger partial charge in [-0.25, -0.2) is 8.42 Å². The highest BCUT2D eigenvalue weighted by atomic mass is 32.2. The highest BCUT2D eigenvalue weighted by Gasteiger charge is 2.45. The van der Waals surface area contributed by atoms with E-state index in [1.807, 2.05) is 4.90 Å². The number of benzene rings is 1. The normalized spacial score (nSPS) is 20.4. The van der Waals surface area contributed by atoms with Gasteiger partial charge in [0.05, 0.1) is 15.2 Å². The van der Waals surface area contributed by atoms with Crippen LogP contribution in [0.4, 0.5) is 13.2 Å². The molecule has 0 unspecified atom stereocenters. The SMILES string of the molecule is CC(C)(C1CCN(C(=O)C2CCCCC2)CC1)S(=O)(=O)c1cccc(C(F)(F)F)c1. The quantitative estimate of drug-likeness (QED) is 0.650. The summed E-state index contributed by atoms with van der Waals surface area (Å²) in [6.45, 7) is 4.18. The lowest BCUT2D eigenvalue weighted by atomic mass is 9.84. The highest BCUT2D eigenvalue weighted by molar-refractivity contribution is 7.92. The molecule has 2 aliphatic rings. The summed E-state index contributed by atoms with van der Waals surface area (Å²) in [5.74, 6) is 0.0243. The molecule has 0 bridgehead atoms. The third kappa shape index (κ3) is 4.53. The first-order chi connectivity index (χ1) is 13.9. The predicted octanol–water partition coefficient (Wildman–Crippen LogP) is 5.08. The molecule has 4 nitrogen and oxygen atoms in total. The van der Waals surface area contributed by atoms with Crippen LogP contribution in [-0.4, -0.2) is 37.1 Å². The Morgan fingerprint density at radius 1 is 1.00 bits per heavy atom. The average molecular weight is 446 g/mol. The van der Waals surface area contributed by atoms with E-state index in [0.29, 0.717) is 25.9 Å². The molecule has 0 aromatic heterocycles. The maximum absolute atomic E-state index is 13.2. The largest absolute Gasteiger partial charge is 0.416 e. The highest BCUT2D eigenvalue weighted by Crippen LogP contribution is 2.40. The second kappa shape index (κ2) is 8.52. The van der Waals surface area contributed by atoms with Gasteiger partial charge < -0.3 is 4.90 Å². The summed E-state index contributed by atoms with van der Waals surface area (Å²) in [5, 5.41) is 0. The van der Waals surface area contributed by atoms with Gasteiger partial charge in [-0.1, -0.05) is 25.3 Å². The molecule has 0 radical (unpaired) electrons. The summed E-state index contributed by atoms with van der Waals surface area (Å²) in [6, 6.07) is 3.96. The van der Waals surface area contributed by atoms with Crippen molar-refractivity contribution in [1.82, 2.24) is 4.90 Å². The van der Waals surface area contributed by atoms with Crippen molar-refractivity contribution in [3.63, 3.8) is 0 Å². The van der Waals surface area contributed by atoms with Crippen LogP contribution in [0.15, 0.2) is 29.2 Å². The molecule has 0 N–H and O–H groups in total. The molecule has 8 heteroatoms. The van der Waals surface area contributed by atoms with Crippen LogP contribution < -0.4 is 0 Å². The molecule has 1 heterocycles. The lowest BCUT2D eigenvalue weighted by molar-refractivity contribution is -0.138. The fourth-order valence-electron chi connectivity index (χ4n) is 4.77. The Kier molecular flexibility index (Phi) is 6.56. The summed E-state index contributed by atoms with van der Waals surface area (Å²) in [6.07, 6.45) is 1.65. The lowest BCUT2D eigenvalue weighted by Crippen LogP contribution is -2.49. The number of hydrogen-bond donors (Lipinski definition) is 0. The van der Waals surface area contributed by atoms with Crippen molar-refractivity contribution < 1.29 is 26.4 Å². The van der Waals surface area contributed by atoms with Crippen molar-refractivity contribution >= 4 is 15.7 Å². The van der Waals surface area contributed by atoms with E-state index in [0.717, 1.165) is 43.9 Å². The minimum absolute atomic E-state index is 0.0807. The molecule has 1 saturated heterocycles. The summed E-state index contributed by atoms with van der Waals surface area (Å²) in [4.78, 5) is 14.3. The van der Waals surface area contributed by atoms with Gasteiger partial charge in [-0.15, -0.1) is 0 Å². The van der Waals surface area contributed by atoms with E-state index in [4.69, 9.17) is 0 Å². The van der Waals surface area contributed by atoms with Gasteiger partial charge in [-0.05, 0) is 63.6 Å². The first-order valence-corrected chi connectivity index (χ1v) is 12.1. The first-order valence-electron chi connectivity index (χ1n) is 10.7. The number of carbonyl (C=O) groups is 1. The van der Waals surface area contributed by atoms with Gasteiger partial charge in [0.15, 0.2) is 9.84 Å². The number of alkyl halides is 3. The van der Waals surface area contributed by atoms with Crippen LogP contribution in [-0.2, 0) is 20.8 Å². The predicted molar refractivity (Wildman–Crippen MR) is 109 cm³/mol. The molecule has 1 amide bonds. The van der Waals surface area contributed by atoms with Crippen molar-refractivity contribution in [1.29, 1.82) is 0 Å². The Balaban J connectivity index is 1.72. The Morgan fingerprint density at radius 2 is 1.60 bits per heavy atom. The second-order valence-electron chi connectivity index (χ2n) is 9.07. The first kappa shape index (κ1) is 23.1. The molecule has 1 aromatic carbocycles. The third-order valence-electron chi connectivity index (χ3n) is 6.91. The fourth-order valence-corrected chi connectivity index (χ4v) is 6.59. The Labute approximate surface area is 176 Å². The van der Waals surface area contributed by atoms with Crippen LogP contribution in [0.1, 0.15) is 64.4 Å². The zero-order chi connectivity index (χ0) is 22.2. The van der Waals surface area contributed by atoms with E-state index in [1.54, 1.807) is 13.8 Å². The molecular weight excluding hydrogens is 415 g/mol. The van der Waals surface area contributed by atoms with E-state index in [9.17, 15) is 26.4 Å². The van der Waals surface area contributed by atoms with Crippen molar-refractivity contribution in [2.45, 2.75) is 74.6 Å². The summed E-state index contributed by atoms with van der Waals surface area (Å²) in [5.41, 5.74) is -0.965. The van der Waals surface area contributed by atoms with Gasteiger partial charge in [-0.3, -0.25) is 4.79 Å². The number of likely N-dealkylation sites (tertiary alicyclic amines) is 1. The molecular formula is C22H30F3NO3S. The number of nitrogens with zero attached hydrogens (tertiary/aromatic N) is 1. The molecule has 0 atom stereocenters. The van der Waals surface area contributed by atoms with Crippen LogP contribution in [0, 0.1) is 11.8 Å². The van der Waals surface area contributed by atoms with E-state index < -0.39 is 26.3 Å². The Morgan fingerprint density at radius 3 is 2.17 bits per heavy atom. The van der Waals surface area contributed by atoms with E-state index in [1.165, 1.54) is 12.5 Å². The van der Waals surface area contributed by atoms with Crippen LogP contribution in [0.3, 0.4) is 0 Å². The Hall–Kier alpha value is -1.57. The monoisotopic (exact) mass is 445 g/mol. The van der Waals surface area contributed by atoms with Gasteiger partial charge in [0.2, 0.25) is 5.91 Å². The lowest BCUT2D eigenvalue weighted by Gasteiger charge is -2.41. The number of sulfone groups is 1. The second-order valence-corrected chi connectivity index (χ2v) is 11.6. The number of halogens is 3. The van der Waals surface area contributed by atoms with Gasteiger partial charge in [0.1, 0.15) is 0 Å². The van der Waals surface area contributed by atoms with Crippen LogP contribution in [0.2, 0.25) is 0 Å². The fraction of sp³-hybridized carbons (Fsp3) is 0.682. The van der Waals surface area contributed by atoms with Crippen molar-refractivity contribution in [2.24, 2.45) is 11.8 Å². The number of rotatable bonds is 4. The zero-order valence-corrected chi connectivity index (χ0v) is 18.4. The third-order valence-corrected chi connectivity index (χ3v) is 9.50. The minimum Gasteiger partial charge on any atom is -0.342 e. The van der Waals surface area contributed by atoms with Crippen LogP contribution in [0.5, 0.6) is 0 Å². The molecule has 1 aliphatic carbocycles. The topological polar surface area (TPSA) is 54.5 Å². The van der Waals surface area contributed by atoms with E-state index >= 15 is 0 Å². The molecule has 1 aromatic rings. The van der Waals surface area contributed by atoms with E-state index in [-0.39, 0.29) is 22.6 Å². The van der Waals surface area contributed by atoms with Crippen molar-refractivity contribution in [3.05, 3.63) is 29.8 Å². The summed E-state index contributed by atoms with van der Waals surface area (Å²) >= 11 is 0.